The molecule has 0 saturated carbocycles. The van der Waals surface area contributed by atoms with E-state index in [9.17, 15) is 8.42 Å². The van der Waals surface area contributed by atoms with E-state index >= 15 is 0 Å². The van der Waals surface area contributed by atoms with Crippen molar-refractivity contribution >= 4 is 10.1 Å². The minimum Gasteiger partial charge on any atom is -0.285 e. The van der Waals surface area contributed by atoms with E-state index in [0.29, 0.717) is 12.2 Å². The Labute approximate surface area is 193 Å². The molecular weight excluding hydrogens is 448 g/mol. The molecule has 0 fully saturated rings. The molecular formula is C19H32N10O3S. The molecule has 0 bridgehead atoms. The Morgan fingerprint density at radius 3 is 1.88 bits per heavy atom. The van der Waals surface area contributed by atoms with Crippen LogP contribution in [0.1, 0.15) is 70.7 Å². The summed E-state index contributed by atoms with van der Waals surface area (Å²) in [6.07, 6.45) is 5.26. The lowest BCUT2D eigenvalue weighted by Gasteiger charge is -2.46. The van der Waals surface area contributed by atoms with Crippen LogP contribution in [0.15, 0.2) is 18.6 Å². The Bertz CT molecular complexity index is 1060. The maximum Gasteiger partial charge on any atom is 0.266 e. The number of aromatic nitrogens is 9. The second kappa shape index (κ2) is 9.27. The van der Waals surface area contributed by atoms with Crippen LogP contribution in [0.25, 0.3) is 0 Å². The zero-order valence-corrected chi connectivity index (χ0v) is 20.6. The van der Waals surface area contributed by atoms with Crippen LogP contribution < -0.4 is 0 Å². The fourth-order valence-corrected chi connectivity index (χ4v) is 4.58. The first-order valence-corrected chi connectivity index (χ1v) is 12.2. The number of hydrogen-bond acceptors (Lipinski definition) is 9. The molecule has 182 valence electrons. The van der Waals surface area contributed by atoms with Crippen LogP contribution in [-0.2, 0) is 23.2 Å². The summed E-state index contributed by atoms with van der Waals surface area (Å²) in [4.78, 5) is 2.26. The molecule has 14 heteroatoms. The molecule has 2 unspecified atom stereocenters. The maximum atomic E-state index is 11.1. The number of rotatable bonds is 9. The van der Waals surface area contributed by atoms with Gasteiger partial charge >= 0.3 is 0 Å². The van der Waals surface area contributed by atoms with Crippen LogP contribution in [-0.4, -0.2) is 69.4 Å². The number of nitrogens with one attached hydrogen (secondary N) is 2. The molecule has 0 aliphatic heterocycles. The van der Waals surface area contributed by atoms with Crippen molar-refractivity contribution in [2.24, 2.45) is 10.8 Å². The van der Waals surface area contributed by atoms with Crippen LogP contribution >= 0.6 is 0 Å². The highest BCUT2D eigenvalue weighted by Gasteiger charge is 2.43. The number of aromatic amines is 2. The van der Waals surface area contributed by atoms with Crippen molar-refractivity contribution in [2.45, 2.75) is 66.7 Å². The van der Waals surface area contributed by atoms with Gasteiger partial charge in [0.15, 0.2) is 0 Å². The standard InChI is InChI=1S/C19H32N10O3S/c1-18(2,3)16(14-9-20-25-23-14)29(17(19(4,5)6)15-10-21-26-24-15)12-13-11-28(27-22-13)7-8-33(30,31)32/h9-11,16-17H,7-8,12H2,1-6H3,(H,20,23,25)(H,21,24,26)(H,30,31,32). The highest BCUT2D eigenvalue weighted by molar-refractivity contribution is 7.85. The summed E-state index contributed by atoms with van der Waals surface area (Å²) >= 11 is 0. The third-order valence-corrected chi connectivity index (χ3v) is 5.94. The summed E-state index contributed by atoms with van der Waals surface area (Å²) < 4.78 is 32.7. The normalized spacial score (nSPS) is 15.2. The third kappa shape index (κ3) is 6.42. The lowest BCUT2D eigenvalue weighted by atomic mass is 9.78. The molecule has 33 heavy (non-hydrogen) atoms. The second-order valence-electron chi connectivity index (χ2n) is 10.3. The van der Waals surface area contributed by atoms with Crippen molar-refractivity contribution in [3.63, 3.8) is 0 Å². The molecule has 0 aromatic carbocycles. The van der Waals surface area contributed by atoms with Crippen molar-refractivity contribution in [3.05, 3.63) is 35.7 Å². The predicted octanol–water partition coefficient (Wildman–Crippen LogP) is 1.78. The molecule has 0 amide bonds. The largest absolute Gasteiger partial charge is 0.285 e. The molecule has 0 radical (unpaired) electrons. The second-order valence-corrected chi connectivity index (χ2v) is 11.8. The maximum absolute atomic E-state index is 11.1. The van der Waals surface area contributed by atoms with Crippen molar-refractivity contribution < 1.29 is 13.0 Å². The Balaban J connectivity index is 2.05. The Kier molecular flexibility index (Phi) is 7.00. The van der Waals surface area contributed by atoms with Gasteiger partial charge in [-0.05, 0) is 10.8 Å². The van der Waals surface area contributed by atoms with Gasteiger partial charge in [0.2, 0.25) is 0 Å². The van der Waals surface area contributed by atoms with Crippen LogP contribution in [0, 0.1) is 10.8 Å². The average Bonchev–Trinajstić information content (AvgIpc) is 3.40. The summed E-state index contributed by atoms with van der Waals surface area (Å²) in [5.41, 5.74) is 1.70. The molecule has 0 aliphatic rings. The van der Waals surface area contributed by atoms with E-state index in [1.165, 1.54) is 4.68 Å². The summed E-state index contributed by atoms with van der Waals surface area (Å²) in [6, 6.07) is -0.361. The quantitative estimate of drug-likeness (QED) is 0.383. The van der Waals surface area contributed by atoms with Crippen molar-refractivity contribution in [1.29, 1.82) is 0 Å². The van der Waals surface area contributed by atoms with Gasteiger partial charge in [0, 0.05) is 25.1 Å². The molecule has 13 nitrogen and oxygen atoms in total. The van der Waals surface area contributed by atoms with E-state index < -0.39 is 15.9 Å². The van der Waals surface area contributed by atoms with Gasteiger partial charge in [0.05, 0.1) is 30.1 Å². The average molecular weight is 481 g/mol. The van der Waals surface area contributed by atoms with Crippen LogP contribution in [0.3, 0.4) is 0 Å². The lowest BCUT2D eigenvalue weighted by molar-refractivity contribution is -0.00495. The molecule has 3 rings (SSSR count). The SMILES string of the molecule is CC(C)(C)C(c1c[nH]nn1)N(Cc1cn(CCS(=O)(=O)O)nn1)C(c1c[nH]nn1)C(C)(C)C. The number of aryl methyl sites for hydroxylation is 1. The van der Waals surface area contributed by atoms with Gasteiger partial charge in [-0.3, -0.25) is 24.3 Å². The summed E-state index contributed by atoms with van der Waals surface area (Å²) in [5, 5.41) is 30.4. The lowest BCUT2D eigenvalue weighted by Crippen LogP contribution is -2.44. The van der Waals surface area contributed by atoms with Crippen molar-refractivity contribution in [1.82, 2.24) is 50.7 Å². The van der Waals surface area contributed by atoms with Gasteiger partial charge in [0.25, 0.3) is 10.1 Å². The smallest absolute Gasteiger partial charge is 0.266 e. The number of H-pyrrole nitrogens is 2. The van der Waals surface area contributed by atoms with E-state index in [0.717, 1.165) is 11.4 Å². The van der Waals surface area contributed by atoms with Crippen LogP contribution in [0.4, 0.5) is 0 Å². The van der Waals surface area contributed by atoms with E-state index in [1.54, 1.807) is 18.6 Å². The Morgan fingerprint density at radius 1 is 0.970 bits per heavy atom. The van der Waals surface area contributed by atoms with Gasteiger partial charge in [-0.15, -0.1) is 15.3 Å². The monoisotopic (exact) mass is 480 g/mol. The number of hydrogen-bond donors (Lipinski definition) is 3. The molecule has 3 heterocycles. The summed E-state index contributed by atoms with van der Waals surface area (Å²) in [5.74, 6) is -0.438. The first-order valence-electron chi connectivity index (χ1n) is 10.6. The molecule has 3 N–H and O–H groups in total. The molecule has 0 spiro atoms. The summed E-state index contributed by atoms with van der Waals surface area (Å²) in [6.45, 7) is 13.2. The predicted molar refractivity (Wildman–Crippen MR) is 119 cm³/mol. The topological polar surface area (TPSA) is 171 Å². The fraction of sp³-hybridized carbons (Fsp3) is 0.684. The Hall–Kier alpha value is -2.71. The van der Waals surface area contributed by atoms with Crippen molar-refractivity contribution in [2.75, 3.05) is 5.75 Å². The highest BCUT2D eigenvalue weighted by atomic mass is 32.2. The summed E-state index contributed by atoms with van der Waals surface area (Å²) in [7, 11) is -4.10. The first-order chi connectivity index (χ1) is 15.3. The van der Waals surface area contributed by atoms with Gasteiger partial charge in [0.1, 0.15) is 11.4 Å². The van der Waals surface area contributed by atoms with E-state index in [2.05, 4.69) is 87.6 Å². The van der Waals surface area contributed by atoms with E-state index in [4.69, 9.17) is 4.55 Å². The number of nitrogens with zero attached hydrogens (tertiary/aromatic N) is 8. The highest BCUT2D eigenvalue weighted by Crippen LogP contribution is 2.47. The zero-order chi connectivity index (χ0) is 24.4. The minimum atomic E-state index is -4.10. The third-order valence-electron chi connectivity index (χ3n) is 5.24. The van der Waals surface area contributed by atoms with E-state index in [-0.39, 0.29) is 29.5 Å². The fourth-order valence-electron chi connectivity index (χ4n) is 4.16. The zero-order valence-electron chi connectivity index (χ0n) is 19.8. The molecule has 2 atom stereocenters. The molecule has 0 saturated heterocycles. The van der Waals surface area contributed by atoms with Gasteiger partial charge in [-0.1, -0.05) is 57.2 Å². The van der Waals surface area contributed by atoms with Gasteiger partial charge in [-0.2, -0.15) is 8.42 Å². The first kappa shape index (κ1) is 24.9. The van der Waals surface area contributed by atoms with Crippen molar-refractivity contribution in [3.8, 4) is 0 Å². The van der Waals surface area contributed by atoms with Gasteiger partial charge in [-0.25, -0.2) is 0 Å². The minimum absolute atomic E-state index is 0.00377. The van der Waals surface area contributed by atoms with Crippen LogP contribution in [0.5, 0.6) is 0 Å². The van der Waals surface area contributed by atoms with Gasteiger partial charge < -0.3 is 0 Å². The molecule has 0 aliphatic carbocycles. The van der Waals surface area contributed by atoms with Crippen LogP contribution in [0.2, 0.25) is 0 Å². The molecule has 3 aromatic heterocycles. The Morgan fingerprint density at radius 2 is 1.48 bits per heavy atom. The molecule has 3 aromatic rings. The van der Waals surface area contributed by atoms with E-state index in [1.807, 2.05) is 0 Å².